The number of ether oxygens (including phenoxy) is 2. The van der Waals surface area contributed by atoms with E-state index in [-0.39, 0.29) is 23.4 Å². The van der Waals surface area contributed by atoms with Gasteiger partial charge < -0.3 is 24.7 Å². The topological polar surface area (TPSA) is 116 Å². The third-order valence-corrected chi connectivity index (χ3v) is 11.4. The lowest BCUT2D eigenvalue weighted by Gasteiger charge is -2.33. The van der Waals surface area contributed by atoms with Crippen LogP contribution in [0.1, 0.15) is 81.9 Å². The average Bonchev–Trinajstić information content (AvgIpc) is 3.36. The Hall–Kier alpha value is -4.48. The molecule has 2 heterocycles. The van der Waals surface area contributed by atoms with E-state index in [1.807, 2.05) is 68.9 Å². The number of carbonyl (C=O) groups is 2. The van der Waals surface area contributed by atoms with Gasteiger partial charge in [-0.05, 0) is 114 Å². The molecule has 53 heavy (non-hydrogen) atoms. The first kappa shape index (κ1) is 39.7. The summed E-state index contributed by atoms with van der Waals surface area (Å²) in [6, 6.07) is 17.7. The summed E-state index contributed by atoms with van der Waals surface area (Å²) in [5.41, 5.74) is 7.81. The molecule has 2 aromatic carbocycles. The molecule has 0 aliphatic heterocycles. The molecule has 1 aliphatic rings. The number of pyridine rings is 1. The Morgan fingerprint density at radius 2 is 1.66 bits per heavy atom. The third kappa shape index (κ3) is 10.1. The fourth-order valence-corrected chi connectivity index (χ4v) is 7.69. The molecule has 0 saturated carbocycles. The minimum absolute atomic E-state index is 0.0165. The summed E-state index contributed by atoms with van der Waals surface area (Å²) in [6.07, 6.45) is 3.70. The molecule has 4 aromatic rings. The summed E-state index contributed by atoms with van der Waals surface area (Å²) in [5.74, 6) is -0.624. The monoisotopic (exact) mass is 739 g/mol. The summed E-state index contributed by atoms with van der Waals surface area (Å²) in [7, 11) is -1.18. The maximum atomic E-state index is 14.2. The van der Waals surface area contributed by atoms with Crippen LogP contribution in [0.15, 0.2) is 65.6 Å². The van der Waals surface area contributed by atoms with Crippen LogP contribution in [0, 0.1) is 13.8 Å². The largest absolute Gasteiger partial charge is 0.444 e. The number of carbonyl (C=O) groups excluding carboxylic acids is 2. The molecule has 2 aromatic heterocycles. The lowest BCUT2D eigenvalue weighted by atomic mass is 9.77. The Morgan fingerprint density at radius 1 is 0.981 bits per heavy atom. The summed E-state index contributed by atoms with van der Waals surface area (Å²) >= 11 is 0. The molecule has 1 unspecified atom stereocenters. The highest BCUT2D eigenvalue weighted by molar-refractivity contribution is 6.76. The number of anilines is 1. The number of alkyl carbamates (subject to hydrolysis) is 1. The second-order valence-electron chi connectivity index (χ2n) is 16.8. The molecule has 2 N–H and O–H groups in total. The van der Waals surface area contributed by atoms with E-state index >= 15 is 0 Å². The van der Waals surface area contributed by atoms with E-state index in [0.29, 0.717) is 18.8 Å². The zero-order chi connectivity index (χ0) is 38.7. The van der Waals surface area contributed by atoms with Crippen molar-refractivity contribution in [2.45, 2.75) is 124 Å². The van der Waals surface area contributed by atoms with Gasteiger partial charge >= 0.3 is 6.09 Å². The van der Waals surface area contributed by atoms with Crippen LogP contribution < -0.4 is 16.2 Å². The smallest absolute Gasteiger partial charge is 0.408 e. The normalized spacial score (nSPS) is 15.2. The molecular formula is C42H57N5O5Si-. The fraction of sp³-hybridized carbons (Fsp3) is 0.476. The number of nitrogens with one attached hydrogen (secondary N) is 2. The molecule has 0 radical (unpaired) electrons. The molecule has 5 rings (SSSR count). The molecule has 285 valence electrons. The van der Waals surface area contributed by atoms with E-state index in [4.69, 9.17) is 14.6 Å². The van der Waals surface area contributed by atoms with E-state index in [0.717, 1.165) is 70.3 Å². The fourth-order valence-electron chi connectivity index (χ4n) is 6.93. The average molecular weight is 740 g/mol. The maximum absolute atomic E-state index is 14.2. The van der Waals surface area contributed by atoms with Crippen molar-refractivity contribution in [3.8, 4) is 22.3 Å². The number of aryl methyl sites for hydroxylation is 2. The number of amides is 2. The first-order valence-electron chi connectivity index (χ1n) is 18.8. The zero-order valence-electron chi connectivity index (χ0n) is 33.1. The van der Waals surface area contributed by atoms with Gasteiger partial charge in [0.1, 0.15) is 18.4 Å². The van der Waals surface area contributed by atoms with Gasteiger partial charge in [0, 0.05) is 47.8 Å². The number of aromatic nitrogens is 3. The molecule has 11 heteroatoms. The Labute approximate surface area is 315 Å². The summed E-state index contributed by atoms with van der Waals surface area (Å²) < 4.78 is 15.2. The number of rotatable bonds is 12. The molecule has 0 saturated heterocycles. The molecule has 2 amide bonds. The van der Waals surface area contributed by atoms with Gasteiger partial charge in [-0.15, -0.1) is 14.1 Å². The highest BCUT2D eigenvalue weighted by atomic mass is 28.3. The number of fused-ring (bicyclic) bond motifs is 1. The quantitative estimate of drug-likeness (QED) is 0.111. The van der Waals surface area contributed by atoms with Crippen LogP contribution in [-0.2, 0) is 27.4 Å². The molecular weight excluding hydrogens is 683 g/mol. The van der Waals surface area contributed by atoms with Crippen molar-refractivity contribution >= 4 is 25.8 Å². The van der Waals surface area contributed by atoms with Crippen molar-refractivity contribution in [3.63, 3.8) is 0 Å². The standard InChI is InChI=1S/C42H57N5O5Si/c1-27(2)46-25-33(18-21-37(46)48)32-15-14-30-12-11-13-35(36(30)24-32)39(44-41(50)52-42(5,6)7)40(49)43-34-19-16-31(17-20-34)38-28(3)45-47(29(38)4)26-51-22-23-53(8,9)10/h14-21,24-25,27,35,39H,11-13,22-23,26H2,1-10H3,(H,43,49)(H,44,50)/q-1/t35?,39-/m0/s1. The molecule has 10 nitrogen and oxygen atoms in total. The highest BCUT2D eigenvalue weighted by Gasteiger charge is 2.35. The van der Waals surface area contributed by atoms with Crippen molar-refractivity contribution in [1.29, 1.82) is 0 Å². The van der Waals surface area contributed by atoms with Crippen molar-refractivity contribution in [3.05, 3.63) is 93.7 Å². The molecule has 0 fully saturated rings. The van der Waals surface area contributed by atoms with Crippen LogP contribution in [-0.4, -0.2) is 52.7 Å². The van der Waals surface area contributed by atoms with E-state index in [1.165, 1.54) is 0 Å². The van der Waals surface area contributed by atoms with Gasteiger partial charge in [-0.2, -0.15) is 24.7 Å². The van der Waals surface area contributed by atoms with Gasteiger partial charge in [0.05, 0.1) is 5.69 Å². The van der Waals surface area contributed by atoms with Crippen LogP contribution in [0.4, 0.5) is 10.5 Å². The number of nitrogens with zero attached hydrogens (tertiary/aromatic N) is 3. The first-order chi connectivity index (χ1) is 24.9. The summed E-state index contributed by atoms with van der Waals surface area (Å²) in [5, 5.41) is 10.8. The lowest BCUT2D eigenvalue weighted by molar-refractivity contribution is -0.118. The van der Waals surface area contributed by atoms with Gasteiger partial charge in [-0.3, -0.25) is 9.59 Å². The van der Waals surface area contributed by atoms with Gasteiger partial charge in [0.2, 0.25) is 5.91 Å². The van der Waals surface area contributed by atoms with Gasteiger partial charge in [-0.1, -0.05) is 30.3 Å². The Morgan fingerprint density at radius 3 is 2.32 bits per heavy atom. The number of hydrogen-bond donors (Lipinski definition) is 2. The van der Waals surface area contributed by atoms with Crippen molar-refractivity contribution in [2.75, 3.05) is 11.9 Å². The summed E-state index contributed by atoms with van der Waals surface area (Å²) in [4.78, 5) is 40.0. The molecule has 1 aliphatic carbocycles. The van der Waals surface area contributed by atoms with E-state index in [1.54, 1.807) is 31.4 Å². The van der Waals surface area contributed by atoms with E-state index in [2.05, 4.69) is 48.5 Å². The summed E-state index contributed by atoms with van der Waals surface area (Å²) in [6.45, 7) is 21.6. The second kappa shape index (κ2) is 16.3. The number of hydrogen-bond acceptors (Lipinski definition) is 6. The van der Waals surface area contributed by atoms with Gasteiger partial charge in [0.25, 0.3) is 5.56 Å². The van der Waals surface area contributed by atoms with Crippen LogP contribution in [0.3, 0.4) is 0 Å². The van der Waals surface area contributed by atoms with Crippen molar-refractivity contribution < 1.29 is 19.1 Å². The van der Waals surface area contributed by atoms with Crippen LogP contribution in [0.25, 0.3) is 22.3 Å². The van der Waals surface area contributed by atoms with Gasteiger partial charge in [-0.25, -0.2) is 9.48 Å². The van der Waals surface area contributed by atoms with Gasteiger partial charge in [0.15, 0.2) is 0 Å². The number of benzene rings is 2. The Balaban J connectivity index is 1.40. The highest BCUT2D eigenvalue weighted by Crippen LogP contribution is 2.38. The predicted octanol–water partition coefficient (Wildman–Crippen LogP) is 8.84. The molecule has 0 spiro atoms. The maximum Gasteiger partial charge on any atom is 0.408 e. The Bertz CT molecular complexity index is 1980. The Kier molecular flexibility index (Phi) is 12.2. The third-order valence-electron chi connectivity index (χ3n) is 9.72. The second-order valence-corrected chi connectivity index (χ2v) is 22.4. The van der Waals surface area contributed by atoms with Crippen LogP contribution >= 0.6 is 0 Å². The minimum atomic E-state index is -1.18. The first-order valence-corrected chi connectivity index (χ1v) is 22.5. The predicted molar refractivity (Wildman–Crippen MR) is 215 cm³/mol. The zero-order valence-corrected chi connectivity index (χ0v) is 34.1. The van der Waals surface area contributed by atoms with Crippen LogP contribution in [0.5, 0.6) is 0 Å². The SMILES string of the molecule is Cc1nn(COCC[Si-](C)(C)C)c(C)c1-c1ccc(NC(=O)[C@@H](NC(=O)OC(C)(C)C)C2CCCc3ccc(-c4ccc(=O)n(C(C)C)c4)cc32)cc1. The molecule has 0 bridgehead atoms. The van der Waals surface area contributed by atoms with Crippen LogP contribution in [0.2, 0.25) is 25.7 Å². The van der Waals surface area contributed by atoms with E-state index < -0.39 is 25.8 Å². The lowest BCUT2D eigenvalue weighted by Crippen LogP contribution is -2.49. The molecule has 2 atom stereocenters. The van der Waals surface area contributed by atoms with E-state index in [9.17, 15) is 14.4 Å². The van der Waals surface area contributed by atoms with Crippen molar-refractivity contribution in [1.82, 2.24) is 19.7 Å². The minimum Gasteiger partial charge on any atom is -0.444 e. The van der Waals surface area contributed by atoms with Crippen molar-refractivity contribution in [2.24, 2.45) is 0 Å².